The van der Waals surface area contributed by atoms with E-state index in [1.807, 2.05) is 6.92 Å². The summed E-state index contributed by atoms with van der Waals surface area (Å²) in [6, 6.07) is 0. The van der Waals surface area contributed by atoms with Crippen LogP contribution in [0.15, 0.2) is 12.2 Å². The van der Waals surface area contributed by atoms with E-state index in [0.717, 1.165) is 4.90 Å². The fraction of sp³-hybridized carbons (Fsp3) is 0.714. The molecule has 16 heteroatoms. The number of aliphatic hydroxyl groups excluding tert-OH is 1. The molecule has 250 valence electrons. The zero-order chi connectivity index (χ0) is 32.6. The second-order valence-electron chi connectivity index (χ2n) is 9.49. The molecule has 0 saturated carbocycles. The number of methoxy groups -OCH3 is 1. The van der Waals surface area contributed by atoms with Crippen LogP contribution in [-0.4, -0.2) is 131 Å². The van der Waals surface area contributed by atoms with Crippen LogP contribution in [0.5, 0.6) is 0 Å². The first-order valence-corrected chi connectivity index (χ1v) is 14.6. The maximum atomic E-state index is 11.9. The van der Waals surface area contributed by atoms with Crippen LogP contribution in [0.3, 0.4) is 0 Å². The number of esters is 1. The minimum absolute atomic E-state index is 0.01000. The lowest BCUT2D eigenvalue weighted by Gasteiger charge is -2.21. The van der Waals surface area contributed by atoms with Gasteiger partial charge in [-0.1, -0.05) is 6.92 Å². The first kappa shape index (κ1) is 38.6. The Bertz CT molecular complexity index is 924. The lowest BCUT2D eigenvalue weighted by molar-refractivity contribution is -0.188. The van der Waals surface area contributed by atoms with Crippen LogP contribution in [0.25, 0.3) is 0 Å². The molecule has 44 heavy (non-hydrogen) atoms. The number of aliphatic hydroxyl groups is 1. The van der Waals surface area contributed by atoms with E-state index in [-0.39, 0.29) is 109 Å². The number of nitrogens with zero attached hydrogens (tertiary/aromatic N) is 1. The number of hydrogen-bond donors (Lipinski definition) is 4. The van der Waals surface area contributed by atoms with Gasteiger partial charge in [0.05, 0.1) is 39.1 Å². The molecule has 1 aliphatic rings. The van der Waals surface area contributed by atoms with Crippen molar-refractivity contribution in [1.82, 2.24) is 20.9 Å². The summed E-state index contributed by atoms with van der Waals surface area (Å²) in [5, 5.41) is 17.1. The van der Waals surface area contributed by atoms with E-state index in [0.29, 0.717) is 12.8 Å². The van der Waals surface area contributed by atoms with Gasteiger partial charge >= 0.3 is 5.97 Å². The molecule has 0 aliphatic carbocycles. The van der Waals surface area contributed by atoms with E-state index in [1.54, 1.807) is 0 Å². The third kappa shape index (κ3) is 18.3. The molecule has 0 saturated heterocycles. The molecular weight excluding hydrogens is 584 g/mol. The molecule has 1 heterocycles. The summed E-state index contributed by atoms with van der Waals surface area (Å²) in [6.45, 7) is 3.33. The maximum absolute atomic E-state index is 11.9. The summed E-state index contributed by atoms with van der Waals surface area (Å²) >= 11 is 0. The van der Waals surface area contributed by atoms with Crippen LogP contribution in [-0.2, 0) is 52.5 Å². The highest BCUT2D eigenvalue weighted by atomic mass is 16.7. The molecule has 2 atom stereocenters. The van der Waals surface area contributed by atoms with Crippen molar-refractivity contribution < 1.29 is 57.6 Å². The van der Waals surface area contributed by atoms with Crippen LogP contribution in [0, 0.1) is 0 Å². The number of carbonyl (C=O) groups excluding carboxylic acids is 6. The monoisotopic (exact) mass is 630 g/mol. The molecule has 0 fully saturated rings. The number of hydrogen-bond acceptors (Lipinski definition) is 12. The van der Waals surface area contributed by atoms with Gasteiger partial charge in [0, 0.05) is 71.1 Å². The summed E-state index contributed by atoms with van der Waals surface area (Å²) in [5.74, 6) is -2.09. The van der Waals surface area contributed by atoms with E-state index >= 15 is 0 Å². The van der Waals surface area contributed by atoms with Crippen LogP contribution >= 0.6 is 0 Å². The number of nitrogens with one attached hydrogen (secondary N) is 3. The van der Waals surface area contributed by atoms with Crippen molar-refractivity contribution >= 4 is 35.5 Å². The van der Waals surface area contributed by atoms with Gasteiger partial charge in [-0.3, -0.25) is 33.7 Å². The van der Waals surface area contributed by atoms with Crippen LogP contribution in [0.1, 0.15) is 45.4 Å². The van der Waals surface area contributed by atoms with Gasteiger partial charge in [-0.15, -0.1) is 0 Å². The fourth-order valence-electron chi connectivity index (χ4n) is 3.58. The SMILES string of the molecule is CCC(COC(=O)CCCC(=O)NCCNC(=O)CCOCCOCCNC(=O)CCN1C(=O)C=CC1=O)OC(CO)OC. The molecule has 0 aromatic carbocycles. The van der Waals surface area contributed by atoms with Crippen molar-refractivity contribution in [2.75, 3.05) is 72.9 Å². The van der Waals surface area contributed by atoms with Gasteiger partial charge in [-0.05, 0) is 12.8 Å². The Morgan fingerprint density at radius 3 is 2.02 bits per heavy atom. The van der Waals surface area contributed by atoms with Crippen LogP contribution < -0.4 is 16.0 Å². The third-order valence-electron chi connectivity index (χ3n) is 6.07. The van der Waals surface area contributed by atoms with Gasteiger partial charge in [0.25, 0.3) is 11.8 Å². The highest BCUT2D eigenvalue weighted by Gasteiger charge is 2.23. The van der Waals surface area contributed by atoms with Crippen molar-refractivity contribution in [2.24, 2.45) is 0 Å². The maximum Gasteiger partial charge on any atom is 0.305 e. The van der Waals surface area contributed by atoms with E-state index in [1.165, 1.54) is 19.3 Å². The summed E-state index contributed by atoms with van der Waals surface area (Å²) in [4.78, 5) is 71.3. The zero-order valence-corrected chi connectivity index (χ0v) is 25.5. The molecule has 16 nitrogen and oxygen atoms in total. The molecule has 0 bridgehead atoms. The largest absolute Gasteiger partial charge is 0.463 e. The quantitative estimate of drug-likeness (QED) is 0.0375. The average Bonchev–Trinajstić information content (AvgIpc) is 3.33. The van der Waals surface area contributed by atoms with Crippen LogP contribution in [0.4, 0.5) is 0 Å². The Hall–Kier alpha value is -3.44. The number of carbonyl (C=O) groups is 6. The Morgan fingerprint density at radius 1 is 0.818 bits per heavy atom. The standard InChI is InChI=1S/C28H46N4O12/c1-3-21(44-28(19-33)40-2)20-43-27(39)6-4-5-22(34)29-11-12-30-24(36)10-15-41-17-18-42-16-13-31-23(35)9-14-32-25(37)7-8-26(32)38/h7-8,21,28,33H,3-6,9-20H2,1-2H3,(H,29,34)(H,30,36)(H,31,35). The first-order chi connectivity index (χ1) is 21.2. The van der Waals surface area contributed by atoms with Crippen molar-refractivity contribution in [3.8, 4) is 0 Å². The normalized spacial score (nSPS) is 13.9. The molecule has 2 unspecified atom stereocenters. The number of amides is 5. The van der Waals surface area contributed by atoms with Crippen molar-refractivity contribution in [1.29, 1.82) is 0 Å². The second-order valence-corrected chi connectivity index (χ2v) is 9.49. The zero-order valence-electron chi connectivity index (χ0n) is 25.5. The molecule has 1 rings (SSSR count). The van der Waals surface area contributed by atoms with Crippen molar-refractivity contribution in [3.63, 3.8) is 0 Å². The van der Waals surface area contributed by atoms with E-state index in [4.69, 9.17) is 28.8 Å². The molecule has 4 N–H and O–H groups in total. The predicted octanol–water partition coefficient (Wildman–Crippen LogP) is -1.45. The predicted molar refractivity (Wildman–Crippen MR) is 154 cm³/mol. The third-order valence-corrected chi connectivity index (χ3v) is 6.07. The van der Waals surface area contributed by atoms with E-state index < -0.39 is 30.2 Å². The van der Waals surface area contributed by atoms with Gasteiger partial charge in [-0.25, -0.2) is 0 Å². The minimum Gasteiger partial charge on any atom is -0.463 e. The lowest BCUT2D eigenvalue weighted by atomic mass is 10.2. The summed E-state index contributed by atoms with van der Waals surface area (Å²) in [6.07, 6.45) is 2.37. The Labute approximate surface area is 257 Å². The average molecular weight is 631 g/mol. The molecule has 0 radical (unpaired) electrons. The Morgan fingerprint density at radius 2 is 1.41 bits per heavy atom. The van der Waals surface area contributed by atoms with E-state index in [9.17, 15) is 28.8 Å². The lowest BCUT2D eigenvalue weighted by Crippen LogP contribution is -2.35. The van der Waals surface area contributed by atoms with Crippen LogP contribution in [0.2, 0.25) is 0 Å². The van der Waals surface area contributed by atoms with Gasteiger partial charge in [-0.2, -0.15) is 0 Å². The summed E-state index contributed by atoms with van der Waals surface area (Å²) in [7, 11) is 1.40. The highest BCUT2D eigenvalue weighted by molar-refractivity contribution is 6.13. The molecule has 1 aliphatic heterocycles. The summed E-state index contributed by atoms with van der Waals surface area (Å²) < 4.78 is 26.2. The fourth-order valence-corrected chi connectivity index (χ4v) is 3.58. The molecular formula is C28H46N4O12. The molecule has 0 aromatic rings. The highest BCUT2D eigenvalue weighted by Crippen LogP contribution is 2.07. The number of ether oxygens (including phenoxy) is 5. The number of imide groups is 1. The topological polar surface area (TPSA) is 208 Å². The van der Waals surface area contributed by atoms with Crippen molar-refractivity contribution in [3.05, 3.63) is 12.2 Å². The number of rotatable bonds is 26. The van der Waals surface area contributed by atoms with Gasteiger partial charge in [0.1, 0.15) is 6.61 Å². The molecule has 0 spiro atoms. The minimum atomic E-state index is -0.784. The van der Waals surface area contributed by atoms with Gasteiger partial charge < -0.3 is 44.7 Å². The van der Waals surface area contributed by atoms with E-state index in [2.05, 4.69) is 16.0 Å². The molecule has 5 amide bonds. The van der Waals surface area contributed by atoms with Gasteiger partial charge in [0.15, 0.2) is 6.29 Å². The Kier molecular flexibility index (Phi) is 21.0. The first-order valence-electron chi connectivity index (χ1n) is 14.6. The smallest absolute Gasteiger partial charge is 0.305 e. The van der Waals surface area contributed by atoms with Crippen molar-refractivity contribution in [2.45, 2.75) is 57.8 Å². The van der Waals surface area contributed by atoms with Gasteiger partial charge in [0.2, 0.25) is 17.7 Å². The molecule has 0 aromatic heterocycles. The Balaban J connectivity index is 1.92. The summed E-state index contributed by atoms with van der Waals surface area (Å²) in [5.41, 5.74) is 0. The second kappa shape index (κ2) is 23.9.